The molecule has 1 aliphatic heterocycles. The van der Waals surface area contributed by atoms with E-state index in [0.717, 1.165) is 24.2 Å². The summed E-state index contributed by atoms with van der Waals surface area (Å²) in [5.74, 6) is 1.21. The molecule has 2 heterocycles. The van der Waals surface area contributed by atoms with E-state index in [1.807, 2.05) is 31.2 Å². The molecule has 1 amide bonds. The third-order valence-electron chi connectivity index (χ3n) is 4.46. The maximum atomic E-state index is 12.6. The fraction of sp³-hybridized carbons (Fsp3) is 0.250. The Balaban J connectivity index is 1.50. The average Bonchev–Trinajstić information content (AvgIpc) is 3.10. The zero-order valence-electron chi connectivity index (χ0n) is 14.5. The highest BCUT2D eigenvalue weighted by Gasteiger charge is 2.16. The second-order valence-corrected chi connectivity index (χ2v) is 6.47. The van der Waals surface area contributed by atoms with Gasteiger partial charge in [-0.25, -0.2) is 4.98 Å². The van der Waals surface area contributed by atoms with Gasteiger partial charge in [0.1, 0.15) is 11.6 Å². The lowest BCUT2D eigenvalue weighted by molar-refractivity contribution is -0.118. The van der Waals surface area contributed by atoms with Crippen LogP contribution in [0, 0.1) is 6.92 Å². The largest absolute Gasteiger partial charge is 0.484 e. The number of benzene rings is 2. The van der Waals surface area contributed by atoms with Crippen LogP contribution >= 0.6 is 0 Å². The molecule has 6 heteroatoms. The third-order valence-corrected chi connectivity index (χ3v) is 4.46. The molecule has 0 unspecified atom stereocenters. The first kappa shape index (κ1) is 16.3. The topological polar surface area (TPSA) is 73.2 Å². The molecule has 4 rings (SSSR count). The summed E-state index contributed by atoms with van der Waals surface area (Å²) in [7, 11) is 0. The Morgan fingerprint density at radius 1 is 1.27 bits per heavy atom. The number of carbonyl (C=O) groups is 1. The lowest BCUT2D eigenvalue weighted by Crippen LogP contribution is -2.22. The number of ether oxygens (including phenoxy) is 1. The summed E-state index contributed by atoms with van der Waals surface area (Å²) in [6.45, 7) is 2.58. The molecular formula is C20H19N3O3. The summed E-state index contributed by atoms with van der Waals surface area (Å²) in [4.78, 5) is 29.3. The van der Waals surface area contributed by atoms with E-state index in [4.69, 9.17) is 4.74 Å². The molecule has 1 aromatic heterocycles. The van der Waals surface area contributed by atoms with Crippen molar-refractivity contribution >= 4 is 22.5 Å². The predicted octanol–water partition coefficient (Wildman–Crippen LogP) is 2.67. The molecule has 3 aromatic rings. The number of hydrogen-bond donors (Lipinski definition) is 1. The van der Waals surface area contributed by atoms with Gasteiger partial charge in [0.15, 0.2) is 6.61 Å². The van der Waals surface area contributed by atoms with Crippen molar-refractivity contribution < 1.29 is 9.53 Å². The van der Waals surface area contributed by atoms with E-state index in [-0.39, 0.29) is 18.1 Å². The first-order chi connectivity index (χ1) is 12.6. The highest BCUT2D eigenvalue weighted by Crippen LogP contribution is 2.18. The number of fused-ring (bicyclic) bond motifs is 2. The van der Waals surface area contributed by atoms with Crippen molar-refractivity contribution in [3.63, 3.8) is 0 Å². The summed E-state index contributed by atoms with van der Waals surface area (Å²) in [6.07, 6.45) is 1.78. The van der Waals surface area contributed by atoms with Crippen LogP contribution in [0.1, 0.15) is 17.8 Å². The van der Waals surface area contributed by atoms with Crippen LogP contribution in [0.3, 0.4) is 0 Å². The van der Waals surface area contributed by atoms with Crippen molar-refractivity contribution in [3.8, 4) is 5.75 Å². The molecule has 6 nitrogen and oxygen atoms in total. The van der Waals surface area contributed by atoms with Crippen molar-refractivity contribution in [2.75, 3.05) is 11.9 Å². The molecular weight excluding hydrogens is 330 g/mol. The monoisotopic (exact) mass is 349 g/mol. The number of rotatable bonds is 4. The van der Waals surface area contributed by atoms with Crippen LogP contribution < -0.4 is 15.6 Å². The van der Waals surface area contributed by atoms with Gasteiger partial charge in [-0.3, -0.25) is 14.2 Å². The summed E-state index contributed by atoms with van der Waals surface area (Å²) >= 11 is 0. The Hall–Kier alpha value is -3.15. The van der Waals surface area contributed by atoms with E-state index < -0.39 is 0 Å². The van der Waals surface area contributed by atoms with E-state index in [1.54, 1.807) is 22.8 Å². The van der Waals surface area contributed by atoms with Crippen LogP contribution in [0.25, 0.3) is 10.9 Å². The predicted molar refractivity (Wildman–Crippen MR) is 99.6 cm³/mol. The van der Waals surface area contributed by atoms with Gasteiger partial charge in [-0.15, -0.1) is 0 Å². The van der Waals surface area contributed by atoms with Crippen molar-refractivity contribution in [2.45, 2.75) is 26.3 Å². The van der Waals surface area contributed by atoms with Gasteiger partial charge in [0, 0.05) is 18.7 Å². The Morgan fingerprint density at radius 3 is 3.00 bits per heavy atom. The van der Waals surface area contributed by atoms with Gasteiger partial charge in [-0.1, -0.05) is 12.1 Å². The number of carbonyl (C=O) groups excluding carboxylic acids is 1. The average molecular weight is 349 g/mol. The lowest BCUT2D eigenvalue weighted by atomic mass is 10.2. The number of aromatic nitrogens is 2. The summed E-state index contributed by atoms with van der Waals surface area (Å²) in [5.41, 5.74) is 2.25. The Kier molecular flexibility index (Phi) is 4.16. The van der Waals surface area contributed by atoms with E-state index in [9.17, 15) is 9.59 Å². The van der Waals surface area contributed by atoms with E-state index >= 15 is 0 Å². The fourth-order valence-electron chi connectivity index (χ4n) is 3.21. The second kappa shape index (κ2) is 6.63. The number of nitrogens with one attached hydrogen (secondary N) is 1. The van der Waals surface area contributed by atoms with Gasteiger partial charge in [0.05, 0.1) is 10.9 Å². The lowest BCUT2D eigenvalue weighted by Gasteiger charge is -2.09. The zero-order valence-corrected chi connectivity index (χ0v) is 14.5. The Labute approximate surface area is 150 Å². The minimum atomic E-state index is -0.278. The fourth-order valence-corrected chi connectivity index (χ4v) is 3.21. The van der Waals surface area contributed by atoms with Gasteiger partial charge >= 0.3 is 0 Å². The van der Waals surface area contributed by atoms with Crippen LogP contribution in [0.2, 0.25) is 0 Å². The molecule has 2 aromatic carbocycles. The van der Waals surface area contributed by atoms with E-state index in [1.165, 1.54) is 0 Å². The molecule has 1 N–H and O–H groups in total. The van der Waals surface area contributed by atoms with Crippen molar-refractivity contribution in [2.24, 2.45) is 0 Å². The number of nitrogens with zero attached hydrogens (tertiary/aromatic N) is 2. The van der Waals surface area contributed by atoms with Gasteiger partial charge in [-0.2, -0.15) is 0 Å². The summed E-state index contributed by atoms with van der Waals surface area (Å²) in [6, 6.07) is 12.7. The highest BCUT2D eigenvalue weighted by atomic mass is 16.5. The molecule has 0 fully saturated rings. The van der Waals surface area contributed by atoms with Crippen LogP contribution in [0.4, 0.5) is 5.69 Å². The van der Waals surface area contributed by atoms with Crippen molar-refractivity contribution in [3.05, 3.63) is 64.2 Å². The first-order valence-electron chi connectivity index (χ1n) is 8.63. The van der Waals surface area contributed by atoms with Crippen LogP contribution in [-0.4, -0.2) is 22.1 Å². The molecule has 0 saturated carbocycles. The van der Waals surface area contributed by atoms with Gasteiger partial charge < -0.3 is 10.1 Å². The van der Waals surface area contributed by atoms with Crippen molar-refractivity contribution in [1.29, 1.82) is 0 Å². The third kappa shape index (κ3) is 3.18. The standard InChI is InChI=1S/C20H19N3O3/c1-13-4-2-5-15(10-13)26-12-19(24)21-14-7-8-17-16(11-14)20(25)23-9-3-6-18(23)22-17/h2,4-5,7-8,10-11H,3,6,9,12H2,1H3,(H,21,24). The summed E-state index contributed by atoms with van der Waals surface area (Å²) < 4.78 is 7.22. The maximum absolute atomic E-state index is 12.6. The Bertz CT molecular complexity index is 1060. The summed E-state index contributed by atoms with van der Waals surface area (Å²) in [5, 5.41) is 3.30. The van der Waals surface area contributed by atoms with Crippen LogP contribution in [0.5, 0.6) is 5.75 Å². The number of anilines is 1. The molecule has 0 saturated heterocycles. The minimum absolute atomic E-state index is 0.0467. The second-order valence-electron chi connectivity index (χ2n) is 6.47. The SMILES string of the molecule is Cc1cccc(OCC(=O)Nc2ccc3nc4n(c(=O)c3c2)CCC4)c1. The molecule has 0 bridgehead atoms. The highest BCUT2D eigenvalue weighted by molar-refractivity contribution is 5.94. The molecule has 0 atom stereocenters. The molecule has 0 spiro atoms. The Morgan fingerprint density at radius 2 is 2.15 bits per heavy atom. The van der Waals surface area contributed by atoms with E-state index in [2.05, 4.69) is 10.3 Å². The van der Waals surface area contributed by atoms with Crippen LogP contribution in [0.15, 0.2) is 47.3 Å². The number of hydrogen-bond acceptors (Lipinski definition) is 4. The maximum Gasteiger partial charge on any atom is 0.262 e. The van der Waals surface area contributed by atoms with E-state index in [0.29, 0.717) is 28.9 Å². The van der Waals surface area contributed by atoms with Gasteiger partial charge in [0.25, 0.3) is 11.5 Å². The zero-order chi connectivity index (χ0) is 18.1. The van der Waals surface area contributed by atoms with Crippen LogP contribution in [-0.2, 0) is 17.8 Å². The molecule has 132 valence electrons. The van der Waals surface area contributed by atoms with Crippen molar-refractivity contribution in [1.82, 2.24) is 9.55 Å². The quantitative estimate of drug-likeness (QED) is 0.786. The number of amides is 1. The minimum Gasteiger partial charge on any atom is -0.484 e. The molecule has 26 heavy (non-hydrogen) atoms. The molecule has 0 aliphatic carbocycles. The smallest absolute Gasteiger partial charge is 0.262 e. The number of aryl methyl sites for hydroxylation is 2. The molecule has 1 aliphatic rings. The first-order valence-corrected chi connectivity index (χ1v) is 8.63. The van der Waals surface area contributed by atoms with Gasteiger partial charge in [0.2, 0.25) is 0 Å². The molecule has 0 radical (unpaired) electrons. The normalized spacial score (nSPS) is 12.8. The van der Waals surface area contributed by atoms with Gasteiger partial charge in [-0.05, 0) is 49.2 Å².